The second-order valence-corrected chi connectivity index (χ2v) is 4.83. The number of carbonyl (C=O) groups is 1. The van der Waals surface area contributed by atoms with Crippen LogP contribution in [0, 0.1) is 5.82 Å². The summed E-state index contributed by atoms with van der Waals surface area (Å²) < 4.78 is 13.1. The van der Waals surface area contributed by atoms with E-state index in [1.54, 1.807) is 12.1 Å². The summed E-state index contributed by atoms with van der Waals surface area (Å²) >= 11 is 0. The summed E-state index contributed by atoms with van der Waals surface area (Å²) in [6.45, 7) is 1.43. The zero-order valence-electron chi connectivity index (χ0n) is 10.3. The smallest absolute Gasteiger partial charge is 0.329 e. The Hall–Kier alpha value is -1.62. The molecule has 4 nitrogen and oxygen atoms in total. The fraction of sp³-hybridized carbons (Fsp3) is 0.462. The molecule has 0 spiro atoms. The van der Waals surface area contributed by atoms with Crippen LogP contribution in [-0.2, 0) is 4.79 Å². The summed E-state index contributed by atoms with van der Waals surface area (Å²) in [6, 6.07) is 5.92. The van der Waals surface area contributed by atoms with Gasteiger partial charge in [-0.05, 0) is 38.1 Å². The summed E-state index contributed by atoms with van der Waals surface area (Å²) in [5, 5.41) is 12.4. The van der Waals surface area contributed by atoms with Gasteiger partial charge in [0.1, 0.15) is 11.4 Å². The lowest BCUT2D eigenvalue weighted by Crippen LogP contribution is -2.53. The first-order valence-electron chi connectivity index (χ1n) is 5.97. The number of benzene rings is 1. The highest BCUT2D eigenvalue weighted by atomic mass is 19.1. The SMILES string of the molecule is CN1CCC(Nc2cccc(F)c2)(C(=O)O)CC1. The molecule has 0 unspecified atom stereocenters. The standard InChI is InChI=1S/C13H17FN2O2/c1-16-7-5-13(6-8-16,12(17)18)15-11-4-2-3-10(14)9-11/h2-4,9,15H,5-8H2,1H3,(H,17,18). The van der Waals surface area contributed by atoms with Crippen LogP contribution in [0.15, 0.2) is 24.3 Å². The first-order valence-corrected chi connectivity index (χ1v) is 5.97. The van der Waals surface area contributed by atoms with E-state index >= 15 is 0 Å². The van der Waals surface area contributed by atoms with Gasteiger partial charge in [-0.25, -0.2) is 9.18 Å². The fourth-order valence-electron chi connectivity index (χ4n) is 2.24. The Kier molecular flexibility index (Phi) is 3.52. The molecular weight excluding hydrogens is 235 g/mol. The number of carboxylic acids is 1. The Labute approximate surface area is 105 Å². The van der Waals surface area contributed by atoms with Crippen LogP contribution < -0.4 is 5.32 Å². The summed E-state index contributed by atoms with van der Waals surface area (Å²) in [7, 11) is 1.97. The van der Waals surface area contributed by atoms with E-state index in [0.717, 1.165) is 0 Å². The predicted molar refractivity (Wildman–Crippen MR) is 67.1 cm³/mol. The summed E-state index contributed by atoms with van der Waals surface area (Å²) in [5.41, 5.74) is -0.470. The van der Waals surface area contributed by atoms with Crippen molar-refractivity contribution in [1.29, 1.82) is 0 Å². The Bertz CT molecular complexity index is 442. The van der Waals surface area contributed by atoms with E-state index < -0.39 is 11.5 Å². The van der Waals surface area contributed by atoms with Gasteiger partial charge in [-0.1, -0.05) is 6.07 Å². The molecule has 2 rings (SSSR count). The van der Waals surface area contributed by atoms with E-state index in [-0.39, 0.29) is 5.82 Å². The average molecular weight is 252 g/mol. The lowest BCUT2D eigenvalue weighted by atomic mass is 9.87. The lowest BCUT2D eigenvalue weighted by Gasteiger charge is -2.38. The number of aliphatic carboxylic acids is 1. The number of halogens is 1. The number of rotatable bonds is 3. The summed E-state index contributed by atoms with van der Waals surface area (Å²) in [4.78, 5) is 13.6. The Morgan fingerprint density at radius 3 is 2.67 bits per heavy atom. The van der Waals surface area contributed by atoms with E-state index in [4.69, 9.17) is 0 Å². The Balaban J connectivity index is 2.19. The number of hydrogen-bond acceptors (Lipinski definition) is 3. The van der Waals surface area contributed by atoms with Gasteiger partial charge < -0.3 is 15.3 Å². The molecule has 0 radical (unpaired) electrons. The first kappa shape index (κ1) is 12.8. The van der Waals surface area contributed by atoms with Gasteiger partial charge in [-0.2, -0.15) is 0 Å². The molecule has 0 saturated carbocycles. The van der Waals surface area contributed by atoms with Crippen LogP contribution >= 0.6 is 0 Å². The normalized spacial score (nSPS) is 19.4. The Morgan fingerprint density at radius 2 is 2.11 bits per heavy atom. The minimum atomic E-state index is -0.986. The molecule has 0 aliphatic carbocycles. The highest BCUT2D eigenvalue weighted by Crippen LogP contribution is 2.27. The van der Waals surface area contributed by atoms with Crippen molar-refractivity contribution in [3.8, 4) is 0 Å². The third-order valence-corrected chi connectivity index (χ3v) is 3.46. The number of carboxylic acid groups (broad SMARTS) is 1. The van der Waals surface area contributed by atoms with Gasteiger partial charge in [0, 0.05) is 18.8 Å². The molecule has 0 atom stereocenters. The van der Waals surface area contributed by atoms with Crippen LogP contribution in [0.2, 0.25) is 0 Å². The maximum Gasteiger partial charge on any atom is 0.329 e. The van der Waals surface area contributed by atoms with Crippen LogP contribution in [0.3, 0.4) is 0 Å². The monoisotopic (exact) mass is 252 g/mol. The molecule has 0 bridgehead atoms. The molecule has 5 heteroatoms. The van der Waals surface area contributed by atoms with Gasteiger partial charge in [-0.15, -0.1) is 0 Å². The second kappa shape index (κ2) is 4.94. The van der Waals surface area contributed by atoms with Crippen LogP contribution in [0.25, 0.3) is 0 Å². The van der Waals surface area contributed by atoms with Gasteiger partial charge in [0.2, 0.25) is 0 Å². The molecule has 1 aromatic carbocycles. The minimum absolute atomic E-state index is 0.367. The molecule has 98 valence electrons. The van der Waals surface area contributed by atoms with Crippen LogP contribution in [0.1, 0.15) is 12.8 Å². The maximum absolute atomic E-state index is 13.1. The number of hydrogen-bond donors (Lipinski definition) is 2. The summed E-state index contributed by atoms with van der Waals surface area (Å²) in [5.74, 6) is -1.24. The molecule has 18 heavy (non-hydrogen) atoms. The van der Waals surface area contributed by atoms with E-state index in [9.17, 15) is 14.3 Å². The van der Waals surface area contributed by atoms with Crippen molar-refractivity contribution in [1.82, 2.24) is 4.90 Å². The van der Waals surface area contributed by atoms with Gasteiger partial charge in [0.15, 0.2) is 0 Å². The topological polar surface area (TPSA) is 52.6 Å². The van der Waals surface area contributed by atoms with E-state index in [1.165, 1.54) is 12.1 Å². The average Bonchev–Trinajstić information content (AvgIpc) is 2.32. The van der Waals surface area contributed by atoms with Crippen molar-refractivity contribution >= 4 is 11.7 Å². The fourth-order valence-corrected chi connectivity index (χ4v) is 2.24. The van der Waals surface area contributed by atoms with Gasteiger partial charge in [0.05, 0.1) is 0 Å². The zero-order chi connectivity index (χ0) is 13.2. The molecule has 1 aliphatic heterocycles. The molecule has 0 aromatic heterocycles. The van der Waals surface area contributed by atoms with Crippen LogP contribution in [0.4, 0.5) is 10.1 Å². The predicted octanol–water partition coefficient (Wildman–Crippen LogP) is 1.79. The zero-order valence-corrected chi connectivity index (χ0v) is 10.3. The van der Waals surface area contributed by atoms with Crippen molar-refractivity contribution < 1.29 is 14.3 Å². The van der Waals surface area contributed by atoms with Crippen LogP contribution in [0.5, 0.6) is 0 Å². The van der Waals surface area contributed by atoms with Crippen molar-refractivity contribution in [2.45, 2.75) is 18.4 Å². The molecule has 1 aromatic rings. The van der Waals surface area contributed by atoms with E-state index in [2.05, 4.69) is 10.2 Å². The van der Waals surface area contributed by atoms with Crippen molar-refractivity contribution in [2.24, 2.45) is 0 Å². The highest BCUT2D eigenvalue weighted by Gasteiger charge is 2.40. The number of piperidine rings is 1. The van der Waals surface area contributed by atoms with Crippen molar-refractivity contribution in [3.63, 3.8) is 0 Å². The minimum Gasteiger partial charge on any atom is -0.480 e. The summed E-state index contributed by atoms with van der Waals surface area (Å²) in [6.07, 6.45) is 1.02. The number of anilines is 1. The number of nitrogens with zero attached hydrogens (tertiary/aromatic N) is 1. The quantitative estimate of drug-likeness (QED) is 0.861. The molecule has 1 heterocycles. The molecule has 2 N–H and O–H groups in total. The third-order valence-electron chi connectivity index (χ3n) is 3.46. The van der Waals surface area contributed by atoms with E-state index in [0.29, 0.717) is 31.6 Å². The van der Waals surface area contributed by atoms with E-state index in [1.807, 2.05) is 7.05 Å². The molecule has 1 aliphatic rings. The number of nitrogens with one attached hydrogen (secondary N) is 1. The van der Waals surface area contributed by atoms with Gasteiger partial charge in [-0.3, -0.25) is 0 Å². The molecule has 1 fully saturated rings. The van der Waals surface area contributed by atoms with Crippen LogP contribution in [-0.4, -0.2) is 41.7 Å². The highest BCUT2D eigenvalue weighted by molar-refractivity contribution is 5.83. The lowest BCUT2D eigenvalue weighted by molar-refractivity contribution is -0.143. The Morgan fingerprint density at radius 1 is 1.44 bits per heavy atom. The molecular formula is C13H17FN2O2. The second-order valence-electron chi connectivity index (χ2n) is 4.83. The van der Waals surface area contributed by atoms with Gasteiger partial charge in [0.25, 0.3) is 0 Å². The van der Waals surface area contributed by atoms with Crippen molar-refractivity contribution in [2.75, 3.05) is 25.5 Å². The maximum atomic E-state index is 13.1. The molecule has 1 saturated heterocycles. The van der Waals surface area contributed by atoms with Crippen molar-refractivity contribution in [3.05, 3.63) is 30.1 Å². The molecule has 0 amide bonds. The first-order chi connectivity index (χ1) is 8.52. The van der Waals surface area contributed by atoms with Gasteiger partial charge >= 0.3 is 5.97 Å². The largest absolute Gasteiger partial charge is 0.480 e. The third kappa shape index (κ3) is 2.61. The number of likely N-dealkylation sites (tertiary alicyclic amines) is 1.